The van der Waals surface area contributed by atoms with Crippen molar-refractivity contribution in [2.45, 2.75) is 6.54 Å². The van der Waals surface area contributed by atoms with Crippen molar-refractivity contribution in [3.05, 3.63) is 80.1 Å². The van der Waals surface area contributed by atoms with Gasteiger partial charge in [-0.25, -0.2) is 4.79 Å². The molecule has 22 heavy (non-hydrogen) atoms. The lowest BCUT2D eigenvalue weighted by molar-refractivity contribution is 0.0955. The van der Waals surface area contributed by atoms with Crippen LogP contribution < -0.4 is 16.6 Å². The number of carbonyl (C=O) groups is 1. The number of hydrogen-bond donors (Lipinski definition) is 2. The maximum atomic E-state index is 12.3. The number of nitrogens with one attached hydrogen (secondary N) is 2. The molecule has 7 heteroatoms. The Morgan fingerprint density at radius 2 is 2.09 bits per heavy atom. The van der Waals surface area contributed by atoms with Crippen molar-refractivity contribution in [2.24, 2.45) is 0 Å². The largest absolute Gasteiger partial charge is 0.348 e. The molecule has 114 valence electrons. The number of carbonyl (C=O) groups excluding carboxylic acids is 1. The van der Waals surface area contributed by atoms with Crippen LogP contribution in [-0.4, -0.2) is 22.0 Å². The number of H-pyrrole nitrogens is 1. The van der Waals surface area contributed by atoms with E-state index in [0.29, 0.717) is 10.6 Å². The van der Waals surface area contributed by atoms with Gasteiger partial charge in [-0.2, -0.15) is 0 Å². The second-order valence-corrected chi connectivity index (χ2v) is 4.90. The van der Waals surface area contributed by atoms with Crippen molar-refractivity contribution in [3.8, 4) is 0 Å². The van der Waals surface area contributed by atoms with E-state index in [1.54, 1.807) is 24.3 Å². The minimum absolute atomic E-state index is 0.0174. The number of nitrogens with zero attached hydrogens (tertiary/aromatic N) is 1. The minimum Gasteiger partial charge on any atom is -0.348 e. The predicted octanol–water partition coefficient (Wildman–Crippen LogP) is 1.15. The van der Waals surface area contributed by atoms with Crippen LogP contribution in [0.25, 0.3) is 0 Å². The molecule has 1 amide bonds. The van der Waals surface area contributed by atoms with Crippen molar-refractivity contribution in [1.29, 1.82) is 0 Å². The molecule has 0 saturated carbocycles. The molecule has 0 spiro atoms. The molecule has 0 fully saturated rings. The van der Waals surface area contributed by atoms with E-state index < -0.39 is 17.2 Å². The van der Waals surface area contributed by atoms with Gasteiger partial charge in [-0.15, -0.1) is 6.58 Å². The van der Waals surface area contributed by atoms with Crippen molar-refractivity contribution in [1.82, 2.24) is 14.9 Å². The Hall–Kier alpha value is -2.60. The van der Waals surface area contributed by atoms with Crippen LogP contribution in [0.4, 0.5) is 0 Å². The maximum Gasteiger partial charge on any atom is 0.328 e. The lowest BCUT2D eigenvalue weighted by Crippen LogP contribution is -2.40. The van der Waals surface area contributed by atoms with Crippen LogP contribution in [0.2, 0.25) is 5.02 Å². The highest BCUT2D eigenvalue weighted by Gasteiger charge is 2.14. The SMILES string of the molecule is C=CCNC(=O)c1c[nH]c(=O)n(Cc2ccccc2Cl)c1=O. The lowest BCUT2D eigenvalue weighted by atomic mass is 10.2. The minimum atomic E-state index is -0.676. The highest BCUT2D eigenvalue weighted by Crippen LogP contribution is 2.14. The van der Waals surface area contributed by atoms with Crippen molar-refractivity contribution in [2.75, 3.05) is 6.54 Å². The summed E-state index contributed by atoms with van der Waals surface area (Å²) in [7, 11) is 0. The van der Waals surface area contributed by atoms with Gasteiger partial charge in [0.15, 0.2) is 0 Å². The summed E-state index contributed by atoms with van der Waals surface area (Å²) < 4.78 is 0.935. The third-order valence-corrected chi connectivity index (χ3v) is 3.37. The fourth-order valence-electron chi connectivity index (χ4n) is 1.87. The third-order valence-electron chi connectivity index (χ3n) is 3.00. The zero-order chi connectivity index (χ0) is 16.1. The van der Waals surface area contributed by atoms with E-state index in [9.17, 15) is 14.4 Å². The highest BCUT2D eigenvalue weighted by molar-refractivity contribution is 6.31. The van der Waals surface area contributed by atoms with Gasteiger partial charge in [0, 0.05) is 17.8 Å². The number of aromatic amines is 1. The molecule has 1 heterocycles. The first kappa shape index (κ1) is 15.8. The molecule has 2 N–H and O–H groups in total. The normalized spacial score (nSPS) is 10.2. The highest BCUT2D eigenvalue weighted by atomic mass is 35.5. The first-order valence-corrected chi connectivity index (χ1v) is 6.87. The number of rotatable bonds is 5. The fraction of sp³-hybridized carbons (Fsp3) is 0.133. The van der Waals surface area contributed by atoms with Gasteiger partial charge in [0.1, 0.15) is 5.56 Å². The average molecular weight is 320 g/mol. The van der Waals surface area contributed by atoms with Crippen LogP contribution in [0.3, 0.4) is 0 Å². The second kappa shape index (κ2) is 6.91. The van der Waals surface area contributed by atoms with Crippen LogP contribution in [0.1, 0.15) is 15.9 Å². The Balaban J connectivity index is 2.42. The van der Waals surface area contributed by atoms with E-state index in [1.807, 2.05) is 0 Å². The topological polar surface area (TPSA) is 84.0 Å². The smallest absolute Gasteiger partial charge is 0.328 e. The quantitative estimate of drug-likeness (QED) is 0.811. The number of halogens is 1. The molecule has 0 aliphatic carbocycles. The Morgan fingerprint density at radius 3 is 2.77 bits per heavy atom. The maximum absolute atomic E-state index is 12.3. The fourth-order valence-corrected chi connectivity index (χ4v) is 2.07. The summed E-state index contributed by atoms with van der Waals surface area (Å²) in [6, 6.07) is 6.87. The Labute approximate surface area is 131 Å². The zero-order valence-corrected chi connectivity index (χ0v) is 12.4. The molecule has 2 aromatic rings. The van der Waals surface area contributed by atoms with E-state index in [2.05, 4.69) is 16.9 Å². The summed E-state index contributed by atoms with van der Waals surface area (Å²) in [5.74, 6) is -0.575. The van der Waals surface area contributed by atoms with E-state index in [0.717, 1.165) is 10.8 Å². The number of amides is 1. The molecule has 2 rings (SSSR count). The summed E-state index contributed by atoms with van der Waals surface area (Å²) in [5, 5.41) is 2.93. The molecule has 0 saturated heterocycles. The van der Waals surface area contributed by atoms with Gasteiger partial charge in [0.2, 0.25) is 0 Å². The van der Waals surface area contributed by atoms with E-state index >= 15 is 0 Å². The number of benzene rings is 1. The Kier molecular flexibility index (Phi) is 4.95. The van der Waals surface area contributed by atoms with E-state index in [1.165, 1.54) is 6.08 Å². The van der Waals surface area contributed by atoms with Crippen LogP contribution >= 0.6 is 11.6 Å². The van der Waals surface area contributed by atoms with Gasteiger partial charge >= 0.3 is 5.69 Å². The molecule has 0 unspecified atom stereocenters. The van der Waals surface area contributed by atoms with E-state index in [-0.39, 0.29) is 18.7 Å². The molecule has 0 aliphatic heterocycles. The van der Waals surface area contributed by atoms with Gasteiger partial charge in [-0.1, -0.05) is 35.9 Å². The van der Waals surface area contributed by atoms with Crippen LogP contribution in [-0.2, 0) is 6.54 Å². The first-order chi connectivity index (χ1) is 10.5. The van der Waals surface area contributed by atoms with Gasteiger partial charge < -0.3 is 10.3 Å². The third kappa shape index (κ3) is 3.35. The van der Waals surface area contributed by atoms with Crippen molar-refractivity contribution in [3.63, 3.8) is 0 Å². The second-order valence-electron chi connectivity index (χ2n) is 4.49. The van der Waals surface area contributed by atoms with Crippen molar-refractivity contribution < 1.29 is 4.79 Å². The standard InChI is InChI=1S/C15H14ClN3O3/c1-2-7-17-13(20)11-8-18-15(22)19(14(11)21)9-10-5-3-4-6-12(10)16/h2-6,8H,1,7,9H2,(H,17,20)(H,18,22). The van der Waals surface area contributed by atoms with Crippen molar-refractivity contribution >= 4 is 17.5 Å². The monoisotopic (exact) mass is 319 g/mol. The average Bonchev–Trinajstić information content (AvgIpc) is 2.50. The summed E-state index contributed by atoms with van der Waals surface area (Å²) in [6.45, 7) is 3.68. The summed E-state index contributed by atoms with van der Waals surface area (Å²) >= 11 is 6.03. The molecule has 1 aromatic heterocycles. The van der Waals surface area contributed by atoms with Gasteiger partial charge in [-0.05, 0) is 11.6 Å². The number of aromatic nitrogens is 2. The molecule has 0 aliphatic rings. The molecule has 0 atom stereocenters. The molecule has 0 radical (unpaired) electrons. The number of hydrogen-bond acceptors (Lipinski definition) is 3. The van der Waals surface area contributed by atoms with Crippen LogP contribution in [0.5, 0.6) is 0 Å². The summed E-state index contributed by atoms with van der Waals surface area (Å²) in [5.41, 5.74) is -0.815. The zero-order valence-electron chi connectivity index (χ0n) is 11.6. The summed E-state index contributed by atoms with van der Waals surface area (Å²) in [4.78, 5) is 38.5. The summed E-state index contributed by atoms with van der Waals surface area (Å²) in [6.07, 6.45) is 2.60. The molecule has 0 bridgehead atoms. The Bertz CT molecular complexity index is 823. The molecule has 6 nitrogen and oxygen atoms in total. The molecular weight excluding hydrogens is 306 g/mol. The van der Waals surface area contributed by atoms with Gasteiger partial charge in [0.05, 0.1) is 6.54 Å². The van der Waals surface area contributed by atoms with Gasteiger partial charge in [-0.3, -0.25) is 14.2 Å². The predicted molar refractivity (Wildman–Crippen MR) is 84.4 cm³/mol. The molecule has 1 aromatic carbocycles. The molecular formula is C15H14ClN3O3. The van der Waals surface area contributed by atoms with Crippen LogP contribution in [0, 0.1) is 0 Å². The van der Waals surface area contributed by atoms with Crippen LogP contribution in [0.15, 0.2) is 52.7 Å². The van der Waals surface area contributed by atoms with Gasteiger partial charge in [0.25, 0.3) is 11.5 Å². The van der Waals surface area contributed by atoms with E-state index in [4.69, 9.17) is 11.6 Å². The lowest BCUT2D eigenvalue weighted by Gasteiger charge is -2.08. The first-order valence-electron chi connectivity index (χ1n) is 6.49. The Morgan fingerprint density at radius 1 is 1.36 bits per heavy atom.